The van der Waals surface area contributed by atoms with E-state index in [1.807, 2.05) is 6.07 Å². The molecular weight excluding hydrogens is 266 g/mol. The number of methoxy groups -OCH3 is 1. The van der Waals surface area contributed by atoms with E-state index in [2.05, 4.69) is 38.2 Å². The summed E-state index contributed by atoms with van der Waals surface area (Å²) in [6, 6.07) is 6.46. The zero-order valence-corrected chi connectivity index (χ0v) is 13.6. The van der Waals surface area contributed by atoms with E-state index in [0.29, 0.717) is 13.2 Å². The molecule has 1 aromatic rings. The highest BCUT2D eigenvalue weighted by atomic mass is 16.6. The standard InChI is InChI=1S/C17H27NO3/c1-5-8-18-14(12-17(2,3)19-4)13-6-7-15-16(11-13)21-10-9-20-15/h6-7,11,14,18H,5,8-10,12H2,1-4H3. The molecule has 0 aliphatic carbocycles. The molecule has 1 aromatic carbocycles. The smallest absolute Gasteiger partial charge is 0.161 e. The summed E-state index contributed by atoms with van der Waals surface area (Å²) in [6.45, 7) is 8.64. The summed E-state index contributed by atoms with van der Waals surface area (Å²) in [7, 11) is 1.76. The van der Waals surface area contributed by atoms with Crippen LogP contribution in [0.1, 0.15) is 45.2 Å². The van der Waals surface area contributed by atoms with Gasteiger partial charge in [0, 0.05) is 13.2 Å². The highest BCUT2D eigenvalue weighted by Crippen LogP contribution is 2.35. The van der Waals surface area contributed by atoms with Gasteiger partial charge >= 0.3 is 0 Å². The van der Waals surface area contributed by atoms with E-state index in [-0.39, 0.29) is 11.6 Å². The molecule has 1 N–H and O–H groups in total. The van der Waals surface area contributed by atoms with Gasteiger partial charge in [0.2, 0.25) is 0 Å². The van der Waals surface area contributed by atoms with Crippen molar-refractivity contribution in [1.82, 2.24) is 5.32 Å². The van der Waals surface area contributed by atoms with Crippen molar-refractivity contribution in [1.29, 1.82) is 0 Å². The quantitative estimate of drug-likeness (QED) is 0.837. The first-order chi connectivity index (χ1) is 10.1. The van der Waals surface area contributed by atoms with Crippen LogP contribution in [0.5, 0.6) is 11.5 Å². The molecule has 4 nitrogen and oxygen atoms in total. The molecule has 0 aromatic heterocycles. The summed E-state index contributed by atoms with van der Waals surface area (Å²) in [5, 5.41) is 3.61. The van der Waals surface area contributed by atoms with E-state index in [0.717, 1.165) is 30.9 Å². The van der Waals surface area contributed by atoms with Crippen molar-refractivity contribution >= 4 is 0 Å². The maximum absolute atomic E-state index is 5.69. The summed E-state index contributed by atoms with van der Waals surface area (Å²) in [6.07, 6.45) is 2.01. The van der Waals surface area contributed by atoms with Gasteiger partial charge in [0.15, 0.2) is 11.5 Å². The normalized spacial score (nSPS) is 15.8. The molecule has 0 bridgehead atoms. The van der Waals surface area contributed by atoms with E-state index in [1.54, 1.807) is 7.11 Å². The van der Waals surface area contributed by atoms with Crippen molar-refractivity contribution in [3.05, 3.63) is 23.8 Å². The maximum Gasteiger partial charge on any atom is 0.161 e. The number of benzene rings is 1. The highest BCUT2D eigenvalue weighted by molar-refractivity contribution is 5.44. The summed E-state index contributed by atoms with van der Waals surface area (Å²) in [4.78, 5) is 0. The first-order valence-electron chi connectivity index (χ1n) is 7.74. The molecule has 0 spiro atoms. The van der Waals surface area contributed by atoms with E-state index < -0.39 is 0 Å². The average Bonchev–Trinajstić information content (AvgIpc) is 2.51. The minimum absolute atomic E-state index is 0.168. The number of ether oxygens (including phenoxy) is 3. The Morgan fingerprint density at radius 1 is 1.24 bits per heavy atom. The second kappa shape index (κ2) is 7.14. The third kappa shape index (κ3) is 4.35. The predicted molar refractivity (Wildman–Crippen MR) is 84.2 cm³/mol. The molecule has 1 aliphatic rings. The molecule has 1 unspecified atom stereocenters. The Kier molecular flexibility index (Phi) is 5.48. The molecule has 1 aliphatic heterocycles. The van der Waals surface area contributed by atoms with Crippen LogP contribution in [0.3, 0.4) is 0 Å². The zero-order valence-electron chi connectivity index (χ0n) is 13.6. The molecule has 0 radical (unpaired) electrons. The fourth-order valence-corrected chi connectivity index (χ4v) is 2.48. The second-order valence-electron chi connectivity index (χ2n) is 6.08. The fourth-order valence-electron chi connectivity index (χ4n) is 2.48. The van der Waals surface area contributed by atoms with Gasteiger partial charge in [-0.1, -0.05) is 13.0 Å². The predicted octanol–water partition coefficient (Wildman–Crippen LogP) is 3.31. The second-order valence-corrected chi connectivity index (χ2v) is 6.08. The van der Waals surface area contributed by atoms with Crippen LogP contribution < -0.4 is 14.8 Å². The molecular formula is C17H27NO3. The third-order valence-corrected chi connectivity index (χ3v) is 3.86. The molecule has 4 heteroatoms. The lowest BCUT2D eigenvalue weighted by atomic mass is 9.93. The van der Waals surface area contributed by atoms with E-state index in [9.17, 15) is 0 Å². The molecule has 1 atom stereocenters. The molecule has 0 saturated heterocycles. The van der Waals surface area contributed by atoms with Crippen LogP contribution >= 0.6 is 0 Å². The van der Waals surface area contributed by atoms with E-state index >= 15 is 0 Å². The van der Waals surface area contributed by atoms with Gasteiger partial charge in [-0.25, -0.2) is 0 Å². The first-order valence-corrected chi connectivity index (χ1v) is 7.74. The lowest BCUT2D eigenvalue weighted by Crippen LogP contribution is -2.32. The van der Waals surface area contributed by atoms with Crippen molar-refractivity contribution in [3.8, 4) is 11.5 Å². The molecule has 0 amide bonds. The number of nitrogens with one attached hydrogen (secondary N) is 1. The summed E-state index contributed by atoms with van der Waals surface area (Å²) >= 11 is 0. The Balaban J connectivity index is 2.19. The van der Waals surface area contributed by atoms with Gasteiger partial charge in [0.25, 0.3) is 0 Å². The molecule has 2 rings (SSSR count). The van der Waals surface area contributed by atoms with Crippen molar-refractivity contribution in [2.75, 3.05) is 26.9 Å². The monoisotopic (exact) mass is 293 g/mol. The SMILES string of the molecule is CCCNC(CC(C)(C)OC)c1ccc2c(c1)OCCO2. The molecule has 21 heavy (non-hydrogen) atoms. The van der Waals surface area contributed by atoms with E-state index in [4.69, 9.17) is 14.2 Å². The van der Waals surface area contributed by atoms with Gasteiger partial charge in [-0.3, -0.25) is 0 Å². The first kappa shape index (κ1) is 16.1. The Labute approximate surface area is 127 Å². The largest absolute Gasteiger partial charge is 0.486 e. The highest BCUT2D eigenvalue weighted by Gasteiger charge is 2.25. The minimum Gasteiger partial charge on any atom is -0.486 e. The Bertz CT molecular complexity index is 459. The summed E-state index contributed by atoms with van der Waals surface area (Å²) in [5.41, 5.74) is 1.05. The Morgan fingerprint density at radius 3 is 2.62 bits per heavy atom. The van der Waals surface area contributed by atoms with Crippen molar-refractivity contribution in [3.63, 3.8) is 0 Å². The fraction of sp³-hybridized carbons (Fsp3) is 0.647. The summed E-state index contributed by atoms with van der Waals surface area (Å²) < 4.78 is 16.9. The van der Waals surface area contributed by atoms with Crippen molar-refractivity contribution in [2.45, 2.75) is 45.3 Å². The molecule has 118 valence electrons. The lowest BCUT2D eigenvalue weighted by Gasteiger charge is -2.30. The van der Waals surface area contributed by atoms with E-state index in [1.165, 1.54) is 5.56 Å². The number of hydrogen-bond donors (Lipinski definition) is 1. The molecule has 1 heterocycles. The van der Waals surface area contributed by atoms with Crippen LogP contribution in [0.25, 0.3) is 0 Å². The number of fused-ring (bicyclic) bond motifs is 1. The van der Waals surface area contributed by atoms with Crippen LogP contribution in [0.2, 0.25) is 0 Å². The van der Waals surface area contributed by atoms with Gasteiger partial charge in [-0.2, -0.15) is 0 Å². The van der Waals surface area contributed by atoms with Crippen LogP contribution in [-0.2, 0) is 4.74 Å². The topological polar surface area (TPSA) is 39.7 Å². The van der Waals surface area contributed by atoms with Crippen molar-refractivity contribution in [2.24, 2.45) is 0 Å². The Hall–Kier alpha value is -1.26. The van der Waals surface area contributed by atoms with Crippen LogP contribution in [0, 0.1) is 0 Å². The lowest BCUT2D eigenvalue weighted by molar-refractivity contribution is 0.00681. The maximum atomic E-state index is 5.69. The van der Waals surface area contributed by atoms with Gasteiger partial charge in [0.1, 0.15) is 13.2 Å². The minimum atomic E-state index is -0.168. The van der Waals surface area contributed by atoms with Gasteiger partial charge < -0.3 is 19.5 Å². The number of hydrogen-bond acceptors (Lipinski definition) is 4. The zero-order chi connectivity index (χ0) is 15.3. The third-order valence-electron chi connectivity index (χ3n) is 3.86. The van der Waals surface area contributed by atoms with Gasteiger partial charge in [-0.15, -0.1) is 0 Å². The van der Waals surface area contributed by atoms with Crippen LogP contribution in [0.4, 0.5) is 0 Å². The molecule has 0 fully saturated rings. The van der Waals surface area contributed by atoms with Crippen molar-refractivity contribution < 1.29 is 14.2 Å². The van der Waals surface area contributed by atoms with Gasteiger partial charge in [0.05, 0.1) is 5.60 Å². The van der Waals surface area contributed by atoms with Gasteiger partial charge in [-0.05, 0) is 50.9 Å². The Morgan fingerprint density at radius 2 is 1.95 bits per heavy atom. The average molecular weight is 293 g/mol. The van der Waals surface area contributed by atoms with Crippen LogP contribution in [0.15, 0.2) is 18.2 Å². The number of rotatable bonds is 7. The summed E-state index contributed by atoms with van der Waals surface area (Å²) in [5.74, 6) is 1.68. The molecule has 0 saturated carbocycles. The van der Waals surface area contributed by atoms with Crippen LogP contribution in [-0.4, -0.2) is 32.5 Å².